The molecule has 0 bridgehead atoms. The van der Waals surface area contributed by atoms with Crippen molar-refractivity contribution < 1.29 is 0 Å². The molecule has 3 heteroatoms. The first-order valence-electron chi connectivity index (χ1n) is 6.60. The van der Waals surface area contributed by atoms with Crippen LogP contribution in [0.2, 0.25) is 0 Å². The summed E-state index contributed by atoms with van der Waals surface area (Å²) in [5.41, 5.74) is 1.38. The lowest BCUT2D eigenvalue weighted by Crippen LogP contribution is -2.23. The van der Waals surface area contributed by atoms with Gasteiger partial charge in [-0.05, 0) is 38.1 Å². The summed E-state index contributed by atoms with van der Waals surface area (Å²) in [5, 5.41) is 8.07. The van der Waals surface area contributed by atoms with Gasteiger partial charge in [0.2, 0.25) is 0 Å². The lowest BCUT2D eigenvalue weighted by atomic mass is 10.1. The molecule has 0 saturated heterocycles. The van der Waals surface area contributed by atoms with Gasteiger partial charge in [0.05, 0.1) is 6.20 Å². The van der Waals surface area contributed by atoms with Gasteiger partial charge in [0.15, 0.2) is 0 Å². The molecule has 2 rings (SSSR count). The van der Waals surface area contributed by atoms with Gasteiger partial charge in [-0.25, -0.2) is 0 Å². The molecule has 1 aromatic rings. The minimum absolute atomic E-state index is 0.547. The number of nitrogens with one attached hydrogen (secondary N) is 1. The van der Waals surface area contributed by atoms with E-state index in [1.807, 2.05) is 6.20 Å². The van der Waals surface area contributed by atoms with Gasteiger partial charge in [0.25, 0.3) is 0 Å². The smallest absolute Gasteiger partial charge is 0.0537 e. The van der Waals surface area contributed by atoms with Crippen LogP contribution in [0.15, 0.2) is 12.4 Å². The number of hydrogen-bond donors (Lipinski definition) is 1. The predicted molar refractivity (Wildman–Crippen MR) is 66.3 cm³/mol. The van der Waals surface area contributed by atoms with E-state index in [-0.39, 0.29) is 0 Å². The maximum atomic E-state index is 4.42. The van der Waals surface area contributed by atoms with Gasteiger partial charge in [-0.3, -0.25) is 4.68 Å². The van der Waals surface area contributed by atoms with E-state index in [9.17, 15) is 0 Å². The molecule has 1 fully saturated rings. The van der Waals surface area contributed by atoms with Crippen molar-refractivity contribution >= 4 is 0 Å². The second kappa shape index (κ2) is 5.48. The Balaban J connectivity index is 1.99. The number of aryl methyl sites for hydroxylation is 1. The number of nitrogens with zero attached hydrogens (tertiary/aromatic N) is 2. The van der Waals surface area contributed by atoms with Crippen LogP contribution >= 0.6 is 0 Å². The first kappa shape index (κ1) is 11.6. The first-order valence-corrected chi connectivity index (χ1v) is 6.60. The summed E-state index contributed by atoms with van der Waals surface area (Å²) in [5.74, 6) is 0.853. The summed E-state index contributed by atoms with van der Waals surface area (Å²) in [4.78, 5) is 0. The van der Waals surface area contributed by atoms with Gasteiger partial charge in [-0.1, -0.05) is 13.8 Å². The summed E-state index contributed by atoms with van der Waals surface area (Å²) < 4.78 is 2.07. The Kier molecular flexibility index (Phi) is 3.99. The van der Waals surface area contributed by atoms with Crippen molar-refractivity contribution in [3.63, 3.8) is 0 Å². The van der Waals surface area contributed by atoms with E-state index in [1.165, 1.54) is 24.8 Å². The molecule has 0 spiro atoms. The van der Waals surface area contributed by atoms with Crippen molar-refractivity contribution in [1.82, 2.24) is 15.1 Å². The third-order valence-corrected chi connectivity index (χ3v) is 3.17. The Morgan fingerprint density at radius 1 is 1.44 bits per heavy atom. The molecule has 3 nitrogen and oxygen atoms in total. The second-order valence-electron chi connectivity index (χ2n) is 4.81. The van der Waals surface area contributed by atoms with Gasteiger partial charge in [0, 0.05) is 24.3 Å². The Labute approximate surface area is 98.2 Å². The highest BCUT2D eigenvalue weighted by atomic mass is 15.3. The molecule has 1 aromatic heterocycles. The summed E-state index contributed by atoms with van der Waals surface area (Å²) in [6.07, 6.45) is 9.36. The fraction of sp³-hybridized carbons (Fsp3) is 0.769. The molecule has 0 radical (unpaired) electrons. The highest BCUT2D eigenvalue weighted by Crippen LogP contribution is 2.40. The molecule has 1 saturated carbocycles. The van der Waals surface area contributed by atoms with Crippen molar-refractivity contribution in [2.24, 2.45) is 5.92 Å². The fourth-order valence-corrected chi connectivity index (χ4v) is 2.18. The number of aromatic nitrogens is 2. The van der Waals surface area contributed by atoms with Crippen molar-refractivity contribution in [2.75, 3.05) is 6.54 Å². The zero-order chi connectivity index (χ0) is 11.4. The predicted octanol–water partition coefficient (Wildman–Crippen LogP) is 2.74. The molecule has 90 valence electrons. The summed E-state index contributed by atoms with van der Waals surface area (Å²) >= 11 is 0. The van der Waals surface area contributed by atoms with Crippen LogP contribution < -0.4 is 5.32 Å². The molecule has 1 N–H and O–H groups in total. The fourth-order valence-electron chi connectivity index (χ4n) is 2.18. The largest absolute Gasteiger partial charge is 0.310 e. The van der Waals surface area contributed by atoms with Crippen LogP contribution in [0.5, 0.6) is 0 Å². The molecule has 1 heterocycles. The quantitative estimate of drug-likeness (QED) is 0.767. The Bertz CT molecular complexity index is 315. The van der Waals surface area contributed by atoms with E-state index in [2.05, 4.69) is 35.1 Å². The van der Waals surface area contributed by atoms with Crippen molar-refractivity contribution in [3.8, 4) is 0 Å². The topological polar surface area (TPSA) is 29.9 Å². The second-order valence-corrected chi connectivity index (χ2v) is 4.81. The monoisotopic (exact) mass is 221 g/mol. The van der Waals surface area contributed by atoms with Crippen LogP contribution in [0.25, 0.3) is 0 Å². The Morgan fingerprint density at radius 2 is 2.25 bits per heavy atom. The molecule has 1 unspecified atom stereocenters. The van der Waals surface area contributed by atoms with Gasteiger partial charge in [-0.15, -0.1) is 0 Å². The first-order chi connectivity index (χ1) is 7.85. The van der Waals surface area contributed by atoms with E-state index in [0.717, 1.165) is 25.4 Å². The number of rotatable bonds is 7. The van der Waals surface area contributed by atoms with Crippen molar-refractivity contribution in [1.29, 1.82) is 0 Å². The van der Waals surface area contributed by atoms with E-state index in [4.69, 9.17) is 0 Å². The third-order valence-electron chi connectivity index (χ3n) is 3.17. The maximum Gasteiger partial charge on any atom is 0.0537 e. The van der Waals surface area contributed by atoms with E-state index < -0.39 is 0 Å². The lowest BCUT2D eigenvalue weighted by molar-refractivity contribution is 0.480. The molecule has 0 amide bonds. The van der Waals surface area contributed by atoms with Crippen molar-refractivity contribution in [3.05, 3.63) is 18.0 Å². The number of hydrogen-bond acceptors (Lipinski definition) is 2. The highest BCUT2D eigenvalue weighted by Gasteiger charge is 2.32. The summed E-state index contributed by atoms with van der Waals surface area (Å²) in [7, 11) is 0. The Hall–Kier alpha value is -0.830. The minimum atomic E-state index is 0.547. The minimum Gasteiger partial charge on any atom is -0.310 e. The van der Waals surface area contributed by atoms with Crippen LogP contribution in [-0.2, 0) is 6.54 Å². The maximum absolute atomic E-state index is 4.42. The van der Waals surface area contributed by atoms with Crippen molar-refractivity contribution in [2.45, 2.75) is 52.1 Å². The summed E-state index contributed by atoms with van der Waals surface area (Å²) in [6, 6.07) is 0.547. The van der Waals surface area contributed by atoms with Gasteiger partial charge in [0.1, 0.15) is 0 Å². The van der Waals surface area contributed by atoms with E-state index >= 15 is 0 Å². The van der Waals surface area contributed by atoms with Crippen LogP contribution in [-0.4, -0.2) is 16.3 Å². The molecular formula is C13H23N3. The molecular weight excluding hydrogens is 198 g/mol. The van der Waals surface area contributed by atoms with Gasteiger partial charge >= 0.3 is 0 Å². The summed E-state index contributed by atoms with van der Waals surface area (Å²) in [6.45, 7) is 6.55. The molecule has 0 aliphatic heterocycles. The van der Waals surface area contributed by atoms with Crippen LogP contribution in [0, 0.1) is 5.92 Å². The van der Waals surface area contributed by atoms with Crippen LogP contribution in [0.4, 0.5) is 0 Å². The highest BCUT2D eigenvalue weighted by molar-refractivity contribution is 5.14. The van der Waals surface area contributed by atoms with E-state index in [0.29, 0.717) is 6.04 Å². The molecule has 0 aromatic carbocycles. The average Bonchev–Trinajstić information content (AvgIpc) is 3.01. The normalized spacial score (nSPS) is 17.6. The van der Waals surface area contributed by atoms with Crippen LogP contribution in [0.1, 0.15) is 51.1 Å². The SMILES string of the molecule is CCCNC(c1cnn(CCC)c1)C1CC1. The molecule has 1 atom stereocenters. The van der Waals surface area contributed by atoms with Gasteiger partial charge < -0.3 is 5.32 Å². The van der Waals surface area contributed by atoms with E-state index in [1.54, 1.807) is 0 Å². The Morgan fingerprint density at radius 3 is 2.88 bits per heavy atom. The zero-order valence-electron chi connectivity index (χ0n) is 10.4. The lowest BCUT2D eigenvalue weighted by Gasteiger charge is -2.15. The third kappa shape index (κ3) is 2.85. The zero-order valence-corrected chi connectivity index (χ0v) is 10.4. The molecule has 1 aliphatic rings. The van der Waals surface area contributed by atoms with Crippen LogP contribution in [0.3, 0.4) is 0 Å². The van der Waals surface area contributed by atoms with Gasteiger partial charge in [-0.2, -0.15) is 5.10 Å². The average molecular weight is 221 g/mol. The molecule has 1 aliphatic carbocycles. The molecule has 16 heavy (non-hydrogen) atoms. The standard InChI is InChI=1S/C13H23N3/c1-3-7-14-13(11-5-6-11)12-9-15-16(10-12)8-4-2/h9-11,13-14H,3-8H2,1-2H3.